The van der Waals surface area contributed by atoms with Crippen molar-refractivity contribution < 1.29 is 14.3 Å². The van der Waals surface area contributed by atoms with Gasteiger partial charge in [-0.15, -0.1) is 11.3 Å². The van der Waals surface area contributed by atoms with Crippen molar-refractivity contribution in [2.45, 2.75) is 25.7 Å². The molecule has 114 valence electrons. The Kier molecular flexibility index (Phi) is 4.53. The molecule has 0 aliphatic heterocycles. The molecule has 1 aliphatic carbocycles. The van der Waals surface area contributed by atoms with Crippen molar-refractivity contribution in [2.24, 2.45) is 5.92 Å². The van der Waals surface area contributed by atoms with Gasteiger partial charge in [0.05, 0.1) is 10.8 Å². The Morgan fingerprint density at radius 1 is 1.09 bits per heavy atom. The number of anilines is 1. The molecule has 0 bridgehead atoms. The molecule has 1 fully saturated rings. The van der Waals surface area contributed by atoms with Gasteiger partial charge in [-0.1, -0.05) is 18.9 Å². The minimum Gasteiger partial charge on any atom is -0.426 e. The average molecular weight is 315 g/mol. The largest absolute Gasteiger partial charge is 0.426 e. The zero-order chi connectivity index (χ0) is 15.4. The van der Waals surface area contributed by atoms with Crippen LogP contribution in [0.5, 0.6) is 5.75 Å². The number of thiophene rings is 1. The molecule has 1 aliphatic rings. The highest BCUT2D eigenvalue weighted by Crippen LogP contribution is 2.27. The molecule has 4 nitrogen and oxygen atoms in total. The highest BCUT2D eigenvalue weighted by atomic mass is 32.1. The zero-order valence-corrected chi connectivity index (χ0v) is 12.9. The number of hydrogen-bond acceptors (Lipinski definition) is 4. The molecule has 22 heavy (non-hydrogen) atoms. The first-order valence-corrected chi connectivity index (χ1v) is 8.27. The molecule has 0 radical (unpaired) electrons. The number of ether oxygens (including phenoxy) is 1. The number of amides is 1. The quantitative estimate of drug-likeness (QED) is 0.683. The lowest BCUT2D eigenvalue weighted by atomic mass is 10.1. The van der Waals surface area contributed by atoms with E-state index in [-0.39, 0.29) is 17.8 Å². The van der Waals surface area contributed by atoms with E-state index in [2.05, 4.69) is 5.32 Å². The van der Waals surface area contributed by atoms with E-state index in [1.54, 1.807) is 30.3 Å². The summed E-state index contributed by atoms with van der Waals surface area (Å²) >= 11 is 1.39. The number of hydrogen-bond donors (Lipinski definition) is 1. The van der Waals surface area contributed by atoms with Crippen molar-refractivity contribution >= 4 is 28.9 Å². The van der Waals surface area contributed by atoms with Gasteiger partial charge in [-0.25, -0.2) is 0 Å². The van der Waals surface area contributed by atoms with E-state index in [4.69, 9.17) is 4.74 Å². The summed E-state index contributed by atoms with van der Waals surface area (Å²) in [5, 5.41) is 4.67. The lowest BCUT2D eigenvalue weighted by molar-refractivity contribution is -0.138. The second-order valence-electron chi connectivity index (χ2n) is 5.36. The molecule has 0 atom stereocenters. The predicted octanol–water partition coefficient (Wildman–Crippen LogP) is 4.10. The van der Waals surface area contributed by atoms with Gasteiger partial charge in [-0.05, 0) is 48.6 Å². The van der Waals surface area contributed by atoms with Gasteiger partial charge in [0, 0.05) is 5.69 Å². The lowest BCUT2D eigenvalue weighted by Gasteiger charge is -2.10. The van der Waals surface area contributed by atoms with Crippen LogP contribution in [0.1, 0.15) is 35.4 Å². The maximum absolute atomic E-state index is 11.9. The van der Waals surface area contributed by atoms with Crippen LogP contribution in [0.4, 0.5) is 5.69 Å². The first-order chi connectivity index (χ1) is 10.7. The normalized spacial score (nSPS) is 14.7. The van der Waals surface area contributed by atoms with Crippen molar-refractivity contribution in [3.8, 4) is 5.75 Å². The summed E-state index contributed by atoms with van der Waals surface area (Å²) < 4.78 is 5.38. The third-order valence-corrected chi connectivity index (χ3v) is 4.63. The number of esters is 1. The van der Waals surface area contributed by atoms with E-state index in [9.17, 15) is 9.59 Å². The molecule has 5 heteroatoms. The molecule has 0 spiro atoms. The molecule has 1 aromatic heterocycles. The summed E-state index contributed by atoms with van der Waals surface area (Å²) in [5.41, 5.74) is 0.680. The van der Waals surface area contributed by atoms with Gasteiger partial charge in [-0.2, -0.15) is 0 Å². The van der Waals surface area contributed by atoms with Crippen LogP contribution in [-0.4, -0.2) is 11.9 Å². The summed E-state index contributed by atoms with van der Waals surface area (Å²) in [4.78, 5) is 24.5. The van der Waals surface area contributed by atoms with Crippen LogP contribution in [0.3, 0.4) is 0 Å². The summed E-state index contributed by atoms with van der Waals surface area (Å²) in [5.74, 6) is 0.280. The number of carbonyl (C=O) groups excluding carboxylic acids is 2. The fourth-order valence-corrected chi connectivity index (χ4v) is 3.19. The Hall–Kier alpha value is -2.14. The zero-order valence-electron chi connectivity index (χ0n) is 12.1. The molecule has 2 aromatic rings. The Balaban J connectivity index is 1.58. The van der Waals surface area contributed by atoms with Gasteiger partial charge < -0.3 is 10.1 Å². The second-order valence-corrected chi connectivity index (χ2v) is 6.31. The molecule has 1 heterocycles. The van der Waals surface area contributed by atoms with Crippen LogP contribution < -0.4 is 10.1 Å². The van der Waals surface area contributed by atoms with E-state index in [1.165, 1.54) is 11.3 Å². The highest BCUT2D eigenvalue weighted by Gasteiger charge is 2.24. The Morgan fingerprint density at radius 3 is 2.45 bits per heavy atom. The van der Waals surface area contributed by atoms with Crippen LogP contribution in [-0.2, 0) is 4.79 Å². The van der Waals surface area contributed by atoms with Crippen molar-refractivity contribution in [3.63, 3.8) is 0 Å². The van der Waals surface area contributed by atoms with Crippen molar-refractivity contribution in [1.29, 1.82) is 0 Å². The van der Waals surface area contributed by atoms with E-state index in [1.807, 2.05) is 11.4 Å². The summed E-state index contributed by atoms with van der Waals surface area (Å²) in [6.07, 6.45) is 4.06. The van der Waals surface area contributed by atoms with Crippen LogP contribution in [0.25, 0.3) is 0 Å². The van der Waals surface area contributed by atoms with Crippen LogP contribution in [0.2, 0.25) is 0 Å². The third kappa shape index (κ3) is 3.54. The topological polar surface area (TPSA) is 55.4 Å². The predicted molar refractivity (Wildman–Crippen MR) is 86.3 cm³/mol. The lowest BCUT2D eigenvalue weighted by Crippen LogP contribution is -2.17. The first-order valence-electron chi connectivity index (χ1n) is 7.39. The summed E-state index contributed by atoms with van der Waals surface area (Å²) in [6.45, 7) is 0. The standard InChI is InChI=1S/C17H17NO3S/c19-16(15-6-3-11-22-15)18-13-7-9-14(10-8-13)21-17(20)12-4-1-2-5-12/h3,6-12H,1-2,4-5H2,(H,18,19). The molecule has 0 saturated heterocycles. The molecule has 1 amide bonds. The summed E-state index contributed by atoms with van der Waals surface area (Å²) in [6, 6.07) is 10.5. The fraction of sp³-hybridized carbons (Fsp3) is 0.294. The molecule has 1 N–H and O–H groups in total. The van der Waals surface area contributed by atoms with E-state index in [0.29, 0.717) is 16.3 Å². The smallest absolute Gasteiger partial charge is 0.314 e. The number of nitrogens with one attached hydrogen (secondary N) is 1. The minimum atomic E-state index is -0.145. The Labute approximate surface area is 133 Å². The van der Waals surface area contributed by atoms with E-state index in [0.717, 1.165) is 25.7 Å². The van der Waals surface area contributed by atoms with Gasteiger partial charge in [-0.3, -0.25) is 9.59 Å². The van der Waals surface area contributed by atoms with Crippen LogP contribution >= 0.6 is 11.3 Å². The maximum atomic E-state index is 11.9. The molecular weight excluding hydrogens is 298 g/mol. The summed E-state index contributed by atoms with van der Waals surface area (Å²) in [7, 11) is 0. The van der Waals surface area contributed by atoms with Crippen molar-refractivity contribution in [1.82, 2.24) is 0 Å². The van der Waals surface area contributed by atoms with Gasteiger partial charge >= 0.3 is 5.97 Å². The second kappa shape index (κ2) is 6.75. The fourth-order valence-electron chi connectivity index (χ4n) is 2.57. The van der Waals surface area contributed by atoms with Crippen molar-refractivity contribution in [2.75, 3.05) is 5.32 Å². The Morgan fingerprint density at radius 2 is 1.82 bits per heavy atom. The van der Waals surface area contributed by atoms with Gasteiger partial charge in [0.15, 0.2) is 0 Å². The van der Waals surface area contributed by atoms with Gasteiger partial charge in [0.1, 0.15) is 5.75 Å². The monoisotopic (exact) mass is 315 g/mol. The minimum absolute atomic E-state index is 0.0400. The molecular formula is C17H17NO3S. The van der Waals surface area contributed by atoms with Gasteiger partial charge in [0.2, 0.25) is 0 Å². The third-order valence-electron chi connectivity index (χ3n) is 3.76. The maximum Gasteiger partial charge on any atom is 0.314 e. The number of rotatable bonds is 4. The first kappa shape index (κ1) is 14.8. The van der Waals surface area contributed by atoms with E-state index >= 15 is 0 Å². The van der Waals surface area contributed by atoms with Crippen LogP contribution in [0, 0.1) is 5.92 Å². The molecule has 1 aromatic carbocycles. The highest BCUT2D eigenvalue weighted by molar-refractivity contribution is 7.12. The number of benzene rings is 1. The number of carbonyl (C=O) groups is 2. The molecule has 3 rings (SSSR count). The molecule has 0 unspecified atom stereocenters. The van der Waals surface area contributed by atoms with Gasteiger partial charge in [0.25, 0.3) is 5.91 Å². The van der Waals surface area contributed by atoms with Crippen molar-refractivity contribution in [3.05, 3.63) is 46.7 Å². The molecule has 1 saturated carbocycles. The average Bonchev–Trinajstić information content (AvgIpc) is 3.23. The SMILES string of the molecule is O=C(Nc1ccc(OC(=O)C2CCCC2)cc1)c1cccs1. The van der Waals surface area contributed by atoms with Crippen LogP contribution in [0.15, 0.2) is 41.8 Å². The Bertz CT molecular complexity index is 643. The van der Waals surface area contributed by atoms with E-state index < -0.39 is 0 Å².